The molecule has 0 aliphatic carbocycles. The lowest BCUT2D eigenvalue weighted by Gasteiger charge is -2.16. The topological polar surface area (TPSA) is 18.5 Å². The molecule has 0 heterocycles. The molecular weight excluding hydrogens is 316 g/mol. The maximum atomic E-state index is 5.97. The van der Waals surface area contributed by atoms with E-state index in [1.54, 1.807) is 7.11 Å². The molecule has 1 rings (SSSR count). The standard InChI is InChI=1S/C17H27BrO2/c1-3-4-5-6-7-8-13-20-17(14-18)15-9-11-16(19-2)12-10-15/h9-12,17H,3-8,13-14H2,1-2H3. The average molecular weight is 343 g/mol. The number of benzene rings is 1. The van der Waals surface area contributed by atoms with Crippen LogP contribution in [-0.4, -0.2) is 19.0 Å². The number of halogens is 1. The summed E-state index contributed by atoms with van der Waals surface area (Å²) in [6, 6.07) is 8.12. The van der Waals surface area contributed by atoms with E-state index in [0.29, 0.717) is 0 Å². The summed E-state index contributed by atoms with van der Waals surface area (Å²) in [5, 5.41) is 0.829. The van der Waals surface area contributed by atoms with E-state index in [4.69, 9.17) is 9.47 Å². The highest BCUT2D eigenvalue weighted by molar-refractivity contribution is 9.09. The third-order valence-corrected chi connectivity index (χ3v) is 4.03. The summed E-state index contributed by atoms with van der Waals surface area (Å²) in [4.78, 5) is 0. The van der Waals surface area contributed by atoms with Gasteiger partial charge in [-0.3, -0.25) is 0 Å². The third-order valence-electron chi connectivity index (χ3n) is 3.44. The van der Waals surface area contributed by atoms with Crippen LogP contribution in [0.5, 0.6) is 5.75 Å². The number of hydrogen-bond acceptors (Lipinski definition) is 2. The maximum absolute atomic E-state index is 5.97. The van der Waals surface area contributed by atoms with Gasteiger partial charge in [0, 0.05) is 11.9 Å². The van der Waals surface area contributed by atoms with E-state index in [1.165, 1.54) is 37.7 Å². The highest BCUT2D eigenvalue weighted by Crippen LogP contribution is 2.23. The Morgan fingerprint density at radius 1 is 1.00 bits per heavy atom. The van der Waals surface area contributed by atoms with Crippen LogP contribution in [0.1, 0.15) is 57.1 Å². The Labute approximate surface area is 132 Å². The van der Waals surface area contributed by atoms with Crippen LogP contribution in [0.2, 0.25) is 0 Å². The monoisotopic (exact) mass is 342 g/mol. The van der Waals surface area contributed by atoms with E-state index in [0.717, 1.165) is 24.1 Å². The van der Waals surface area contributed by atoms with Gasteiger partial charge in [-0.15, -0.1) is 0 Å². The summed E-state index contributed by atoms with van der Waals surface area (Å²) < 4.78 is 11.1. The summed E-state index contributed by atoms with van der Waals surface area (Å²) in [7, 11) is 1.69. The molecule has 0 radical (unpaired) electrons. The van der Waals surface area contributed by atoms with Crippen molar-refractivity contribution in [2.75, 3.05) is 19.0 Å². The molecule has 0 saturated heterocycles. The Morgan fingerprint density at radius 2 is 1.65 bits per heavy atom. The molecule has 0 aromatic heterocycles. The van der Waals surface area contributed by atoms with Crippen LogP contribution in [0.25, 0.3) is 0 Å². The van der Waals surface area contributed by atoms with Crippen molar-refractivity contribution < 1.29 is 9.47 Å². The summed E-state index contributed by atoms with van der Waals surface area (Å²) in [6.45, 7) is 3.09. The molecule has 0 amide bonds. The van der Waals surface area contributed by atoms with Crippen LogP contribution in [-0.2, 0) is 4.74 Å². The van der Waals surface area contributed by atoms with Crippen LogP contribution in [0.4, 0.5) is 0 Å². The minimum atomic E-state index is 0.136. The maximum Gasteiger partial charge on any atom is 0.118 e. The predicted octanol–water partition coefficient (Wildman–Crippen LogP) is 5.51. The van der Waals surface area contributed by atoms with Crippen molar-refractivity contribution in [3.8, 4) is 5.75 Å². The van der Waals surface area contributed by atoms with Gasteiger partial charge in [0.05, 0.1) is 13.2 Å². The molecule has 1 unspecified atom stereocenters. The minimum Gasteiger partial charge on any atom is -0.497 e. The molecule has 1 aromatic rings. The van der Waals surface area contributed by atoms with Crippen LogP contribution >= 0.6 is 15.9 Å². The molecule has 0 fully saturated rings. The molecule has 0 spiro atoms. The lowest BCUT2D eigenvalue weighted by atomic mass is 10.1. The van der Waals surface area contributed by atoms with Crippen LogP contribution < -0.4 is 4.74 Å². The van der Waals surface area contributed by atoms with E-state index < -0.39 is 0 Å². The molecule has 0 bridgehead atoms. The zero-order valence-corrected chi connectivity index (χ0v) is 14.3. The molecule has 20 heavy (non-hydrogen) atoms. The summed E-state index contributed by atoms with van der Waals surface area (Å²) in [6.07, 6.45) is 7.92. The number of alkyl halides is 1. The lowest BCUT2D eigenvalue weighted by molar-refractivity contribution is 0.0667. The molecule has 2 nitrogen and oxygen atoms in total. The summed E-state index contributed by atoms with van der Waals surface area (Å²) in [5.41, 5.74) is 1.20. The fourth-order valence-corrected chi connectivity index (χ4v) is 2.72. The Hall–Kier alpha value is -0.540. The van der Waals surface area contributed by atoms with E-state index in [9.17, 15) is 0 Å². The molecule has 1 aromatic carbocycles. The molecule has 114 valence electrons. The Bertz CT molecular complexity index is 337. The first-order valence-electron chi connectivity index (χ1n) is 7.63. The third kappa shape index (κ3) is 6.76. The SMILES string of the molecule is CCCCCCCCOC(CBr)c1ccc(OC)cc1. The van der Waals surface area contributed by atoms with Gasteiger partial charge in [0.15, 0.2) is 0 Å². The predicted molar refractivity (Wildman–Crippen MR) is 88.9 cm³/mol. The number of unbranched alkanes of at least 4 members (excludes halogenated alkanes) is 5. The Kier molecular flexibility index (Phi) is 9.77. The number of methoxy groups -OCH3 is 1. The molecule has 0 aliphatic heterocycles. The first-order chi connectivity index (χ1) is 9.81. The van der Waals surface area contributed by atoms with E-state index >= 15 is 0 Å². The fraction of sp³-hybridized carbons (Fsp3) is 0.647. The van der Waals surface area contributed by atoms with Gasteiger partial charge in [0.25, 0.3) is 0 Å². The van der Waals surface area contributed by atoms with Crippen molar-refractivity contribution >= 4 is 15.9 Å². The van der Waals surface area contributed by atoms with Crippen molar-refractivity contribution in [1.82, 2.24) is 0 Å². The normalized spacial score (nSPS) is 12.3. The highest BCUT2D eigenvalue weighted by Gasteiger charge is 2.10. The van der Waals surface area contributed by atoms with Gasteiger partial charge in [0.2, 0.25) is 0 Å². The molecule has 0 N–H and O–H groups in total. The second-order valence-corrected chi connectivity index (χ2v) is 5.70. The fourth-order valence-electron chi connectivity index (χ4n) is 2.16. The minimum absolute atomic E-state index is 0.136. The van der Waals surface area contributed by atoms with Gasteiger partial charge in [-0.2, -0.15) is 0 Å². The summed E-state index contributed by atoms with van der Waals surface area (Å²) >= 11 is 3.54. The zero-order valence-electron chi connectivity index (χ0n) is 12.7. The number of ether oxygens (including phenoxy) is 2. The quantitative estimate of drug-likeness (QED) is 0.390. The van der Waals surface area contributed by atoms with Crippen LogP contribution in [0, 0.1) is 0 Å². The first kappa shape index (κ1) is 17.5. The van der Waals surface area contributed by atoms with Crippen molar-refractivity contribution in [2.45, 2.75) is 51.6 Å². The van der Waals surface area contributed by atoms with Crippen molar-refractivity contribution in [2.24, 2.45) is 0 Å². The van der Waals surface area contributed by atoms with E-state index in [1.807, 2.05) is 12.1 Å². The van der Waals surface area contributed by atoms with Gasteiger partial charge in [-0.05, 0) is 24.1 Å². The van der Waals surface area contributed by atoms with E-state index in [-0.39, 0.29) is 6.10 Å². The van der Waals surface area contributed by atoms with Gasteiger partial charge < -0.3 is 9.47 Å². The smallest absolute Gasteiger partial charge is 0.118 e. The molecule has 3 heteroatoms. The molecule has 0 aliphatic rings. The van der Waals surface area contributed by atoms with Gasteiger partial charge in [-0.25, -0.2) is 0 Å². The van der Waals surface area contributed by atoms with Crippen LogP contribution in [0.15, 0.2) is 24.3 Å². The second kappa shape index (κ2) is 11.2. The van der Waals surface area contributed by atoms with Gasteiger partial charge in [-0.1, -0.05) is 67.1 Å². The highest BCUT2D eigenvalue weighted by atomic mass is 79.9. The van der Waals surface area contributed by atoms with Crippen molar-refractivity contribution in [3.05, 3.63) is 29.8 Å². The molecule has 0 saturated carbocycles. The Morgan fingerprint density at radius 3 is 2.25 bits per heavy atom. The summed E-state index contributed by atoms with van der Waals surface area (Å²) in [5.74, 6) is 0.887. The molecule has 1 atom stereocenters. The lowest BCUT2D eigenvalue weighted by Crippen LogP contribution is -2.07. The molecular formula is C17H27BrO2. The number of hydrogen-bond donors (Lipinski definition) is 0. The van der Waals surface area contributed by atoms with Crippen molar-refractivity contribution in [3.63, 3.8) is 0 Å². The Balaban J connectivity index is 2.24. The van der Waals surface area contributed by atoms with Gasteiger partial charge in [0.1, 0.15) is 5.75 Å². The largest absolute Gasteiger partial charge is 0.497 e. The zero-order chi connectivity index (χ0) is 14.6. The van der Waals surface area contributed by atoms with Crippen molar-refractivity contribution in [1.29, 1.82) is 0 Å². The van der Waals surface area contributed by atoms with E-state index in [2.05, 4.69) is 35.0 Å². The number of rotatable bonds is 11. The average Bonchev–Trinajstić information content (AvgIpc) is 2.50. The second-order valence-electron chi connectivity index (χ2n) is 5.05. The van der Waals surface area contributed by atoms with Crippen LogP contribution in [0.3, 0.4) is 0 Å². The van der Waals surface area contributed by atoms with Gasteiger partial charge >= 0.3 is 0 Å². The first-order valence-corrected chi connectivity index (χ1v) is 8.75.